The Kier molecular flexibility index (Phi) is 3.74. The van der Waals surface area contributed by atoms with Gasteiger partial charge in [0.1, 0.15) is 0 Å². The van der Waals surface area contributed by atoms with Crippen LogP contribution in [0.25, 0.3) is 0 Å². The Morgan fingerprint density at radius 1 is 1.47 bits per heavy atom. The van der Waals surface area contributed by atoms with Crippen molar-refractivity contribution in [3.63, 3.8) is 0 Å². The Balaban J connectivity index is 2.00. The summed E-state index contributed by atoms with van der Waals surface area (Å²) in [6.07, 6.45) is 0.576. The highest BCUT2D eigenvalue weighted by Gasteiger charge is 2.26. The van der Waals surface area contributed by atoms with E-state index in [1.54, 1.807) is 13.0 Å². The minimum absolute atomic E-state index is 0.242. The fourth-order valence-electron chi connectivity index (χ4n) is 2.31. The number of aliphatic hydroxyl groups excluding tert-OH is 1. The van der Waals surface area contributed by atoms with Crippen molar-refractivity contribution >= 4 is 0 Å². The van der Waals surface area contributed by atoms with Crippen molar-refractivity contribution in [3.8, 4) is 0 Å². The molecule has 1 aliphatic rings. The van der Waals surface area contributed by atoms with E-state index in [0.29, 0.717) is 12.1 Å². The highest BCUT2D eigenvalue weighted by atomic mass is 19.2. The first-order chi connectivity index (χ1) is 8.08. The molecular weight excluding hydrogens is 224 g/mol. The molecule has 0 aliphatic carbocycles. The molecule has 1 N–H and O–H groups in total. The Bertz CT molecular complexity index is 395. The van der Waals surface area contributed by atoms with E-state index in [9.17, 15) is 13.9 Å². The van der Waals surface area contributed by atoms with Crippen molar-refractivity contribution < 1.29 is 13.9 Å². The van der Waals surface area contributed by atoms with Gasteiger partial charge in [-0.2, -0.15) is 0 Å². The van der Waals surface area contributed by atoms with Crippen LogP contribution >= 0.6 is 0 Å². The molecule has 1 heterocycles. The maximum absolute atomic E-state index is 13.5. The van der Waals surface area contributed by atoms with Crippen LogP contribution in [0.3, 0.4) is 0 Å². The molecule has 1 aromatic rings. The summed E-state index contributed by atoms with van der Waals surface area (Å²) in [6.45, 7) is 3.75. The molecule has 94 valence electrons. The van der Waals surface area contributed by atoms with E-state index in [2.05, 4.69) is 4.90 Å². The Hall–Kier alpha value is -1.00. The van der Waals surface area contributed by atoms with Crippen molar-refractivity contribution in [2.24, 2.45) is 5.92 Å². The van der Waals surface area contributed by atoms with Gasteiger partial charge in [-0.1, -0.05) is 12.1 Å². The van der Waals surface area contributed by atoms with Crippen LogP contribution in [0.1, 0.15) is 18.9 Å². The number of hydrogen-bond acceptors (Lipinski definition) is 2. The SMILES string of the molecule is CC(O)C1CCN(Cc2cccc(F)c2F)C1. The van der Waals surface area contributed by atoms with Gasteiger partial charge in [-0.3, -0.25) is 4.90 Å². The lowest BCUT2D eigenvalue weighted by atomic mass is 10.0. The van der Waals surface area contributed by atoms with Gasteiger partial charge in [0.15, 0.2) is 11.6 Å². The van der Waals surface area contributed by atoms with Crippen LogP contribution in [0.2, 0.25) is 0 Å². The van der Waals surface area contributed by atoms with Crippen molar-refractivity contribution in [2.75, 3.05) is 13.1 Å². The third-order valence-corrected chi connectivity index (χ3v) is 3.42. The largest absolute Gasteiger partial charge is 0.393 e. The fourth-order valence-corrected chi connectivity index (χ4v) is 2.31. The second-order valence-electron chi connectivity index (χ2n) is 4.74. The van der Waals surface area contributed by atoms with Gasteiger partial charge in [0.25, 0.3) is 0 Å². The highest BCUT2D eigenvalue weighted by Crippen LogP contribution is 2.22. The van der Waals surface area contributed by atoms with Crippen LogP contribution in [-0.4, -0.2) is 29.2 Å². The van der Waals surface area contributed by atoms with Gasteiger partial charge in [-0.05, 0) is 31.9 Å². The predicted octanol–water partition coefficient (Wildman–Crippen LogP) is 2.17. The Labute approximate surface area is 99.9 Å². The summed E-state index contributed by atoms with van der Waals surface area (Å²) in [6, 6.07) is 4.26. The second kappa shape index (κ2) is 5.10. The summed E-state index contributed by atoms with van der Waals surface area (Å²) in [7, 11) is 0. The first-order valence-corrected chi connectivity index (χ1v) is 5.91. The number of nitrogens with zero attached hydrogens (tertiary/aromatic N) is 1. The summed E-state index contributed by atoms with van der Waals surface area (Å²) in [5.41, 5.74) is 0.385. The number of rotatable bonds is 3. The Morgan fingerprint density at radius 2 is 2.24 bits per heavy atom. The molecular formula is C13H17F2NO. The standard InChI is InChI=1S/C13H17F2NO/c1-9(17)10-5-6-16(7-10)8-11-3-2-4-12(14)13(11)15/h2-4,9-10,17H,5-8H2,1H3. The summed E-state index contributed by atoms with van der Waals surface area (Å²) in [5.74, 6) is -1.31. The van der Waals surface area contributed by atoms with Crippen LogP contribution in [0.15, 0.2) is 18.2 Å². The third-order valence-electron chi connectivity index (χ3n) is 3.42. The first kappa shape index (κ1) is 12.5. The predicted molar refractivity (Wildman–Crippen MR) is 61.4 cm³/mol. The fraction of sp³-hybridized carbons (Fsp3) is 0.538. The van der Waals surface area contributed by atoms with Crippen LogP contribution < -0.4 is 0 Å². The molecule has 0 amide bonds. The zero-order valence-electron chi connectivity index (χ0n) is 9.87. The quantitative estimate of drug-likeness (QED) is 0.876. The molecule has 0 bridgehead atoms. The molecule has 0 saturated carbocycles. The molecule has 0 radical (unpaired) electrons. The lowest BCUT2D eigenvalue weighted by Crippen LogP contribution is -2.24. The van der Waals surface area contributed by atoms with E-state index < -0.39 is 11.6 Å². The Morgan fingerprint density at radius 3 is 2.88 bits per heavy atom. The van der Waals surface area contributed by atoms with Gasteiger partial charge in [-0.25, -0.2) is 8.78 Å². The number of halogens is 2. The van der Waals surface area contributed by atoms with Crippen molar-refractivity contribution in [1.82, 2.24) is 4.90 Å². The summed E-state index contributed by atoms with van der Waals surface area (Å²) < 4.78 is 26.5. The minimum Gasteiger partial charge on any atom is -0.393 e. The average Bonchev–Trinajstić information content (AvgIpc) is 2.73. The van der Waals surface area contributed by atoms with Crippen LogP contribution in [0.4, 0.5) is 8.78 Å². The number of likely N-dealkylation sites (tertiary alicyclic amines) is 1. The molecule has 2 atom stereocenters. The number of hydrogen-bond donors (Lipinski definition) is 1. The van der Waals surface area contributed by atoms with Gasteiger partial charge < -0.3 is 5.11 Å². The first-order valence-electron chi connectivity index (χ1n) is 5.91. The van der Waals surface area contributed by atoms with E-state index in [-0.39, 0.29) is 12.0 Å². The molecule has 2 unspecified atom stereocenters. The highest BCUT2D eigenvalue weighted by molar-refractivity contribution is 5.19. The zero-order chi connectivity index (χ0) is 12.4. The van der Waals surface area contributed by atoms with Crippen LogP contribution in [-0.2, 0) is 6.54 Å². The molecule has 4 heteroatoms. The molecule has 1 fully saturated rings. The van der Waals surface area contributed by atoms with Crippen LogP contribution in [0, 0.1) is 17.6 Å². The molecule has 2 rings (SSSR count). The van der Waals surface area contributed by atoms with Gasteiger partial charge in [-0.15, -0.1) is 0 Å². The van der Waals surface area contributed by atoms with Crippen molar-refractivity contribution in [2.45, 2.75) is 26.0 Å². The van der Waals surface area contributed by atoms with Gasteiger partial charge in [0.2, 0.25) is 0 Å². The molecule has 1 aromatic carbocycles. The third kappa shape index (κ3) is 2.82. The normalized spacial score (nSPS) is 22.9. The lowest BCUT2D eigenvalue weighted by molar-refractivity contribution is 0.127. The number of aliphatic hydroxyl groups is 1. The maximum Gasteiger partial charge on any atom is 0.163 e. The van der Waals surface area contributed by atoms with Gasteiger partial charge in [0, 0.05) is 18.7 Å². The maximum atomic E-state index is 13.5. The van der Waals surface area contributed by atoms with Crippen molar-refractivity contribution in [3.05, 3.63) is 35.4 Å². The van der Waals surface area contributed by atoms with E-state index in [1.165, 1.54) is 6.07 Å². The van der Waals surface area contributed by atoms with E-state index in [1.807, 2.05) is 0 Å². The molecule has 2 nitrogen and oxygen atoms in total. The van der Waals surface area contributed by atoms with E-state index in [0.717, 1.165) is 25.6 Å². The number of benzene rings is 1. The van der Waals surface area contributed by atoms with E-state index in [4.69, 9.17) is 0 Å². The smallest absolute Gasteiger partial charge is 0.163 e. The van der Waals surface area contributed by atoms with E-state index >= 15 is 0 Å². The summed E-state index contributed by atoms with van der Waals surface area (Å²) in [4.78, 5) is 2.05. The molecule has 17 heavy (non-hydrogen) atoms. The molecule has 1 aliphatic heterocycles. The zero-order valence-corrected chi connectivity index (χ0v) is 9.87. The second-order valence-corrected chi connectivity index (χ2v) is 4.74. The van der Waals surface area contributed by atoms with Crippen molar-refractivity contribution in [1.29, 1.82) is 0 Å². The van der Waals surface area contributed by atoms with Gasteiger partial charge in [0.05, 0.1) is 6.10 Å². The monoisotopic (exact) mass is 241 g/mol. The van der Waals surface area contributed by atoms with Gasteiger partial charge >= 0.3 is 0 Å². The van der Waals surface area contributed by atoms with Crippen LogP contribution in [0.5, 0.6) is 0 Å². The summed E-state index contributed by atoms with van der Waals surface area (Å²) in [5, 5.41) is 9.47. The lowest BCUT2D eigenvalue weighted by Gasteiger charge is -2.17. The molecule has 0 spiro atoms. The molecule has 1 saturated heterocycles. The summed E-state index contributed by atoms with van der Waals surface area (Å²) >= 11 is 0. The average molecular weight is 241 g/mol. The minimum atomic E-state index is -0.797. The molecule has 0 aromatic heterocycles. The topological polar surface area (TPSA) is 23.5 Å².